The maximum Gasteiger partial charge on any atom is 0.310 e. The van der Waals surface area contributed by atoms with Crippen molar-refractivity contribution in [3.8, 4) is 0 Å². The van der Waals surface area contributed by atoms with Gasteiger partial charge < -0.3 is 14.2 Å². The maximum atomic E-state index is 11.8. The Balaban J connectivity index is 2.04. The van der Waals surface area contributed by atoms with Crippen LogP contribution in [-0.2, 0) is 23.8 Å². The Kier molecular flexibility index (Phi) is 3.47. The number of Topliss-reactive ketones (excluding diaryl/α,β-unsaturated/α-hetero) is 1. The summed E-state index contributed by atoms with van der Waals surface area (Å²) in [5, 5.41) is 0. The molecular weight excluding hydrogens is 236 g/mol. The van der Waals surface area contributed by atoms with E-state index in [1.807, 2.05) is 13.8 Å². The molecule has 0 aromatic rings. The molecule has 0 N–H and O–H groups in total. The van der Waals surface area contributed by atoms with Gasteiger partial charge in [0.1, 0.15) is 5.78 Å². The van der Waals surface area contributed by atoms with Crippen LogP contribution in [0.15, 0.2) is 0 Å². The number of carbonyl (C=O) groups is 2. The molecular formula is C13H20O5. The first-order valence-electron chi connectivity index (χ1n) is 6.36. The average Bonchev–Trinajstić information content (AvgIpc) is 2.91. The van der Waals surface area contributed by atoms with Crippen molar-refractivity contribution in [2.75, 3.05) is 13.2 Å². The van der Waals surface area contributed by atoms with E-state index in [1.165, 1.54) is 6.92 Å². The van der Waals surface area contributed by atoms with Gasteiger partial charge in [-0.1, -0.05) is 0 Å². The summed E-state index contributed by atoms with van der Waals surface area (Å²) < 4.78 is 16.2. The van der Waals surface area contributed by atoms with E-state index in [4.69, 9.17) is 14.2 Å². The van der Waals surface area contributed by atoms with Crippen LogP contribution in [0.2, 0.25) is 0 Å². The van der Waals surface area contributed by atoms with Gasteiger partial charge in [-0.3, -0.25) is 9.59 Å². The summed E-state index contributed by atoms with van der Waals surface area (Å²) in [6.45, 7) is 7.70. The SMILES string of the molecule is CCOC(=O)[C@H]1[C@H](C(C)=O)[C@H]1[C@@H]1COC(C)(C)O1. The zero-order chi connectivity index (χ0) is 13.5. The molecule has 2 aliphatic rings. The number of carbonyl (C=O) groups excluding carboxylic acids is 2. The number of hydrogen-bond donors (Lipinski definition) is 0. The lowest BCUT2D eigenvalue weighted by Gasteiger charge is -2.17. The van der Waals surface area contributed by atoms with E-state index in [2.05, 4.69) is 0 Å². The van der Waals surface area contributed by atoms with Crippen LogP contribution in [0.5, 0.6) is 0 Å². The summed E-state index contributed by atoms with van der Waals surface area (Å²) in [6.07, 6.45) is -0.191. The van der Waals surface area contributed by atoms with Crippen LogP contribution in [0.4, 0.5) is 0 Å². The molecule has 1 aliphatic heterocycles. The zero-order valence-corrected chi connectivity index (χ0v) is 11.3. The minimum absolute atomic E-state index is 0.0198. The Morgan fingerprint density at radius 2 is 2.00 bits per heavy atom. The van der Waals surface area contributed by atoms with E-state index in [9.17, 15) is 9.59 Å². The first-order chi connectivity index (χ1) is 8.37. The van der Waals surface area contributed by atoms with Gasteiger partial charge in [0.15, 0.2) is 5.79 Å². The van der Waals surface area contributed by atoms with Gasteiger partial charge in [0.05, 0.1) is 25.2 Å². The summed E-state index contributed by atoms with van der Waals surface area (Å²) >= 11 is 0. The van der Waals surface area contributed by atoms with Gasteiger partial charge in [-0.15, -0.1) is 0 Å². The molecule has 1 heterocycles. The smallest absolute Gasteiger partial charge is 0.310 e. The van der Waals surface area contributed by atoms with E-state index >= 15 is 0 Å². The van der Waals surface area contributed by atoms with Gasteiger partial charge in [0.2, 0.25) is 0 Å². The molecule has 0 spiro atoms. The quantitative estimate of drug-likeness (QED) is 0.706. The predicted octanol–water partition coefficient (Wildman–Crippen LogP) is 1.15. The lowest BCUT2D eigenvalue weighted by molar-refractivity contribution is -0.149. The molecule has 2 rings (SSSR count). The van der Waals surface area contributed by atoms with Crippen LogP contribution in [-0.4, -0.2) is 36.9 Å². The standard InChI is InChI=1S/C13H20O5/c1-5-16-12(15)11-9(7(2)14)10(11)8-6-17-13(3,4)18-8/h8-11H,5-6H2,1-4H3/t8-,9+,10+,11-/m0/s1. The van der Waals surface area contributed by atoms with Crippen molar-refractivity contribution in [2.24, 2.45) is 17.8 Å². The van der Waals surface area contributed by atoms with Crippen molar-refractivity contribution in [3.05, 3.63) is 0 Å². The summed E-state index contributed by atoms with van der Waals surface area (Å²) in [7, 11) is 0. The second-order valence-corrected chi connectivity index (χ2v) is 5.36. The Bertz CT molecular complexity index is 362. The highest BCUT2D eigenvalue weighted by atomic mass is 16.7. The molecule has 18 heavy (non-hydrogen) atoms. The third-order valence-electron chi connectivity index (χ3n) is 3.56. The van der Waals surface area contributed by atoms with Crippen molar-refractivity contribution in [2.45, 2.75) is 39.6 Å². The van der Waals surface area contributed by atoms with E-state index < -0.39 is 5.79 Å². The fourth-order valence-electron chi connectivity index (χ4n) is 2.77. The second-order valence-electron chi connectivity index (χ2n) is 5.36. The molecule has 0 aromatic carbocycles. The highest BCUT2D eigenvalue weighted by molar-refractivity contribution is 5.91. The fraction of sp³-hybridized carbons (Fsp3) is 0.846. The number of esters is 1. The lowest BCUT2D eigenvalue weighted by Crippen LogP contribution is -2.23. The molecule has 5 nitrogen and oxygen atoms in total. The first kappa shape index (κ1) is 13.5. The summed E-state index contributed by atoms with van der Waals surface area (Å²) in [5.41, 5.74) is 0. The number of rotatable bonds is 4. The van der Waals surface area contributed by atoms with Gasteiger partial charge >= 0.3 is 5.97 Å². The molecule has 0 radical (unpaired) electrons. The Morgan fingerprint density at radius 1 is 1.33 bits per heavy atom. The first-order valence-corrected chi connectivity index (χ1v) is 6.36. The molecule has 0 amide bonds. The summed E-state index contributed by atoms with van der Waals surface area (Å²) in [6, 6.07) is 0. The number of ether oxygens (including phenoxy) is 3. The normalized spacial score (nSPS) is 37.3. The summed E-state index contributed by atoms with van der Waals surface area (Å²) in [5.74, 6) is -1.63. The molecule has 2 fully saturated rings. The lowest BCUT2D eigenvalue weighted by atomic mass is 10.1. The zero-order valence-electron chi connectivity index (χ0n) is 11.3. The Hall–Kier alpha value is -0.940. The van der Waals surface area contributed by atoms with Crippen LogP contribution in [0.25, 0.3) is 0 Å². The fourth-order valence-corrected chi connectivity index (χ4v) is 2.77. The van der Waals surface area contributed by atoms with Crippen LogP contribution >= 0.6 is 0 Å². The molecule has 0 unspecified atom stereocenters. The maximum absolute atomic E-state index is 11.8. The van der Waals surface area contributed by atoms with Crippen LogP contribution in [0.3, 0.4) is 0 Å². The third kappa shape index (κ3) is 2.42. The molecule has 0 bridgehead atoms. The second kappa shape index (κ2) is 4.63. The van der Waals surface area contributed by atoms with Crippen LogP contribution in [0, 0.1) is 17.8 Å². The molecule has 1 saturated heterocycles. The molecule has 4 atom stereocenters. The van der Waals surface area contributed by atoms with Gasteiger partial charge in [-0.2, -0.15) is 0 Å². The summed E-state index contributed by atoms with van der Waals surface area (Å²) in [4.78, 5) is 23.3. The highest BCUT2D eigenvalue weighted by Crippen LogP contribution is 2.52. The Labute approximate surface area is 107 Å². The van der Waals surface area contributed by atoms with Crippen molar-refractivity contribution >= 4 is 11.8 Å². The largest absolute Gasteiger partial charge is 0.466 e. The van der Waals surface area contributed by atoms with Crippen LogP contribution < -0.4 is 0 Å². The molecule has 102 valence electrons. The Morgan fingerprint density at radius 3 is 2.44 bits per heavy atom. The van der Waals surface area contributed by atoms with E-state index in [0.29, 0.717) is 13.2 Å². The minimum atomic E-state index is -0.631. The van der Waals surface area contributed by atoms with Gasteiger partial charge in [-0.25, -0.2) is 0 Å². The van der Waals surface area contributed by atoms with Gasteiger partial charge in [0.25, 0.3) is 0 Å². The average molecular weight is 256 g/mol. The van der Waals surface area contributed by atoms with Gasteiger partial charge in [-0.05, 0) is 27.7 Å². The van der Waals surface area contributed by atoms with E-state index in [-0.39, 0.29) is 35.6 Å². The molecule has 0 aromatic heterocycles. The van der Waals surface area contributed by atoms with Gasteiger partial charge in [0, 0.05) is 11.8 Å². The van der Waals surface area contributed by atoms with Crippen molar-refractivity contribution in [1.82, 2.24) is 0 Å². The minimum Gasteiger partial charge on any atom is -0.466 e. The molecule has 1 aliphatic carbocycles. The topological polar surface area (TPSA) is 61.8 Å². The van der Waals surface area contributed by atoms with Crippen molar-refractivity contribution < 1.29 is 23.8 Å². The predicted molar refractivity (Wildman–Crippen MR) is 62.7 cm³/mol. The number of ketones is 1. The third-order valence-corrected chi connectivity index (χ3v) is 3.56. The van der Waals surface area contributed by atoms with Crippen molar-refractivity contribution in [3.63, 3.8) is 0 Å². The molecule has 1 saturated carbocycles. The van der Waals surface area contributed by atoms with Crippen molar-refractivity contribution in [1.29, 1.82) is 0 Å². The number of hydrogen-bond acceptors (Lipinski definition) is 5. The van der Waals surface area contributed by atoms with E-state index in [0.717, 1.165) is 0 Å². The molecule has 5 heteroatoms. The monoisotopic (exact) mass is 256 g/mol. The highest BCUT2D eigenvalue weighted by Gasteiger charge is 2.63. The van der Waals surface area contributed by atoms with Crippen LogP contribution in [0.1, 0.15) is 27.7 Å². The van der Waals surface area contributed by atoms with E-state index in [1.54, 1.807) is 6.92 Å².